The van der Waals surface area contributed by atoms with E-state index in [0.717, 1.165) is 25.9 Å². The number of nitro groups is 1. The number of aromatic nitrogens is 2. The Labute approximate surface area is 116 Å². The molecule has 20 heavy (non-hydrogen) atoms. The Hall–Kier alpha value is -1.96. The van der Waals surface area contributed by atoms with Gasteiger partial charge in [-0.05, 0) is 12.8 Å². The zero-order chi connectivity index (χ0) is 13.9. The summed E-state index contributed by atoms with van der Waals surface area (Å²) in [4.78, 5) is 23.3. The van der Waals surface area contributed by atoms with Crippen molar-refractivity contribution in [3.8, 4) is 0 Å². The summed E-state index contributed by atoms with van der Waals surface area (Å²) < 4.78 is 5.29. The topological polar surface area (TPSA) is 84.6 Å². The summed E-state index contributed by atoms with van der Waals surface area (Å²) >= 11 is 0. The van der Waals surface area contributed by atoms with Crippen LogP contribution in [0.5, 0.6) is 0 Å². The van der Waals surface area contributed by atoms with E-state index < -0.39 is 0 Å². The van der Waals surface area contributed by atoms with Gasteiger partial charge >= 0.3 is 5.69 Å². The first kappa shape index (κ1) is 13.0. The average molecular weight is 279 g/mol. The van der Waals surface area contributed by atoms with Gasteiger partial charge in [0.05, 0.1) is 18.1 Å². The molecule has 0 bridgehead atoms. The quantitative estimate of drug-likeness (QED) is 0.598. The molecule has 3 heterocycles. The maximum absolute atomic E-state index is 11.5. The van der Waals surface area contributed by atoms with Crippen molar-refractivity contribution in [1.82, 2.24) is 9.97 Å². The van der Waals surface area contributed by atoms with Crippen LogP contribution in [0.2, 0.25) is 0 Å². The van der Waals surface area contributed by atoms with E-state index >= 15 is 0 Å². The van der Waals surface area contributed by atoms with E-state index in [0.29, 0.717) is 37.9 Å². The molecule has 2 fully saturated rings. The summed E-state index contributed by atoms with van der Waals surface area (Å²) in [7, 11) is 0. The van der Waals surface area contributed by atoms with Crippen LogP contribution in [-0.2, 0) is 4.74 Å². The summed E-state index contributed by atoms with van der Waals surface area (Å²) in [6.07, 6.45) is 3.52. The second-order valence-corrected chi connectivity index (χ2v) is 4.92. The summed E-state index contributed by atoms with van der Waals surface area (Å²) in [6.45, 7) is 4.02. The number of ether oxygens (including phenoxy) is 1. The zero-order valence-corrected chi connectivity index (χ0v) is 11.2. The Morgan fingerprint density at radius 3 is 2.15 bits per heavy atom. The molecular weight excluding hydrogens is 262 g/mol. The number of anilines is 2. The van der Waals surface area contributed by atoms with Gasteiger partial charge in [0.15, 0.2) is 0 Å². The van der Waals surface area contributed by atoms with Crippen LogP contribution in [0.4, 0.5) is 17.3 Å². The van der Waals surface area contributed by atoms with Crippen molar-refractivity contribution < 1.29 is 9.66 Å². The average Bonchev–Trinajstić information content (AvgIpc) is 3.01. The fraction of sp³-hybridized carbons (Fsp3) is 0.667. The molecule has 0 atom stereocenters. The predicted octanol–water partition coefficient (Wildman–Crippen LogP) is 0.822. The largest absolute Gasteiger partial charge is 0.378 e. The Balaban J connectivity index is 2.00. The van der Waals surface area contributed by atoms with Crippen LogP contribution in [0.25, 0.3) is 0 Å². The van der Waals surface area contributed by atoms with E-state index in [4.69, 9.17) is 4.74 Å². The molecule has 0 unspecified atom stereocenters. The van der Waals surface area contributed by atoms with Crippen molar-refractivity contribution in [1.29, 1.82) is 0 Å². The van der Waals surface area contributed by atoms with E-state index in [-0.39, 0.29) is 10.6 Å². The standard InChI is InChI=1S/C12H17N5O3/c18-17(19)10-11(15-3-1-2-4-15)13-9-14-12(10)16-5-7-20-8-6-16/h9H,1-8H2. The van der Waals surface area contributed by atoms with Crippen molar-refractivity contribution in [3.05, 3.63) is 16.4 Å². The first-order valence-corrected chi connectivity index (χ1v) is 6.84. The molecule has 0 aliphatic carbocycles. The fourth-order valence-corrected chi connectivity index (χ4v) is 2.69. The second kappa shape index (κ2) is 5.58. The third-order valence-corrected chi connectivity index (χ3v) is 3.68. The molecule has 1 aromatic rings. The van der Waals surface area contributed by atoms with Gasteiger partial charge < -0.3 is 14.5 Å². The Morgan fingerprint density at radius 2 is 1.60 bits per heavy atom. The lowest BCUT2D eigenvalue weighted by molar-refractivity contribution is -0.383. The Kier molecular flexibility index (Phi) is 3.64. The van der Waals surface area contributed by atoms with Crippen LogP contribution in [-0.4, -0.2) is 54.3 Å². The highest BCUT2D eigenvalue weighted by molar-refractivity contribution is 5.71. The molecule has 8 heteroatoms. The highest BCUT2D eigenvalue weighted by atomic mass is 16.6. The van der Waals surface area contributed by atoms with Crippen LogP contribution in [0, 0.1) is 10.1 Å². The molecule has 0 spiro atoms. The monoisotopic (exact) mass is 279 g/mol. The molecule has 1 aromatic heterocycles. The predicted molar refractivity (Wildman–Crippen MR) is 73.2 cm³/mol. The lowest BCUT2D eigenvalue weighted by Gasteiger charge is -2.28. The molecule has 8 nitrogen and oxygen atoms in total. The van der Waals surface area contributed by atoms with Gasteiger partial charge in [-0.25, -0.2) is 9.97 Å². The fourth-order valence-electron chi connectivity index (χ4n) is 2.69. The SMILES string of the molecule is O=[N+]([O-])c1c(N2CCCC2)ncnc1N1CCOCC1. The van der Waals surface area contributed by atoms with Crippen LogP contribution in [0.3, 0.4) is 0 Å². The molecule has 108 valence electrons. The lowest BCUT2D eigenvalue weighted by Crippen LogP contribution is -2.37. The number of hydrogen-bond donors (Lipinski definition) is 0. The zero-order valence-electron chi connectivity index (χ0n) is 11.2. The number of hydrogen-bond acceptors (Lipinski definition) is 7. The summed E-state index contributed by atoms with van der Waals surface area (Å²) in [6, 6.07) is 0. The van der Waals surface area contributed by atoms with Gasteiger partial charge in [-0.2, -0.15) is 0 Å². The minimum Gasteiger partial charge on any atom is -0.378 e. The van der Waals surface area contributed by atoms with Crippen molar-refractivity contribution in [2.24, 2.45) is 0 Å². The third-order valence-electron chi connectivity index (χ3n) is 3.68. The number of rotatable bonds is 3. The van der Waals surface area contributed by atoms with Gasteiger partial charge in [-0.3, -0.25) is 10.1 Å². The Morgan fingerprint density at radius 1 is 1.05 bits per heavy atom. The van der Waals surface area contributed by atoms with Crippen molar-refractivity contribution in [3.63, 3.8) is 0 Å². The minimum absolute atomic E-state index is 0.0244. The normalized spacial score (nSPS) is 19.4. The number of morpholine rings is 1. The van der Waals surface area contributed by atoms with Crippen molar-refractivity contribution >= 4 is 17.3 Å². The van der Waals surface area contributed by atoms with E-state index in [1.54, 1.807) is 0 Å². The molecule has 0 radical (unpaired) electrons. The molecule has 0 amide bonds. The molecule has 0 N–H and O–H groups in total. The van der Waals surface area contributed by atoms with Gasteiger partial charge in [0.1, 0.15) is 6.33 Å². The molecule has 3 rings (SSSR count). The van der Waals surface area contributed by atoms with E-state index in [1.807, 2.05) is 9.80 Å². The maximum Gasteiger partial charge on any atom is 0.353 e. The van der Waals surface area contributed by atoms with Crippen LogP contribution in [0.15, 0.2) is 6.33 Å². The maximum atomic E-state index is 11.5. The van der Waals surface area contributed by atoms with Gasteiger partial charge in [0.25, 0.3) is 0 Å². The van der Waals surface area contributed by atoms with Crippen molar-refractivity contribution in [2.75, 3.05) is 49.2 Å². The first-order valence-electron chi connectivity index (χ1n) is 6.84. The summed E-state index contributed by atoms with van der Waals surface area (Å²) in [5.74, 6) is 0.860. The van der Waals surface area contributed by atoms with E-state index in [2.05, 4.69) is 9.97 Å². The number of nitrogens with zero attached hydrogens (tertiary/aromatic N) is 5. The van der Waals surface area contributed by atoms with Gasteiger partial charge in [0.2, 0.25) is 11.6 Å². The van der Waals surface area contributed by atoms with E-state index in [9.17, 15) is 10.1 Å². The van der Waals surface area contributed by atoms with E-state index in [1.165, 1.54) is 6.33 Å². The van der Waals surface area contributed by atoms with Gasteiger partial charge in [-0.1, -0.05) is 0 Å². The molecule has 2 aliphatic heterocycles. The smallest absolute Gasteiger partial charge is 0.353 e. The first-order chi connectivity index (χ1) is 9.77. The summed E-state index contributed by atoms with van der Waals surface area (Å²) in [5.41, 5.74) is 0.0244. The second-order valence-electron chi connectivity index (χ2n) is 4.92. The molecule has 0 saturated carbocycles. The Bertz CT molecular complexity index is 498. The highest BCUT2D eigenvalue weighted by Gasteiger charge is 2.31. The minimum atomic E-state index is -0.363. The summed E-state index contributed by atoms with van der Waals surface area (Å²) in [5, 5.41) is 11.5. The molecular formula is C12H17N5O3. The van der Waals surface area contributed by atoms with Crippen LogP contribution < -0.4 is 9.80 Å². The highest BCUT2D eigenvalue weighted by Crippen LogP contribution is 2.35. The van der Waals surface area contributed by atoms with Gasteiger partial charge in [0, 0.05) is 26.2 Å². The van der Waals surface area contributed by atoms with Crippen LogP contribution >= 0.6 is 0 Å². The lowest BCUT2D eigenvalue weighted by atomic mass is 10.3. The third kappa shape index (κ3) is 2.38. The molecule has 2 aliphatic rings. The van der Waals surface area contributed by atoms with Gasteiger partial charge in [-0.15, -0.1) is 0 Å². The molecule has 2 saturated heterocycles. The molecule has 0 aromatic carbocycles. The van der Waals surface area contributed by atoms with Crippen LogP contribution in [0.1, 0.15) is 12.8 Å². The van der Waals surface area contributed by atoms with Crippen molar-refractivity contribution in [2.45, 2.75) is 12.8 Å².